The van der Waals surface area contributed by atoms with Gasteiger partial charge in [0.25, 0.3) is 23.4 Å². The Morgan fingerprint density at radius 3 is 2.31 bits per heavy atom. The topological polar surface area (TPSA) is 136 Å². The van der Waals surface area contributed by atoms with Gasteiger partial charge >= 0.3 is 5.97 Å². The van der Waals surface area contributed by atoms with Gasteiger partial charge in [-0.05, 0) is 25.1 Å². The third kappa shape index (κ3) is 3.95. The molecule has 0 aliphatic carbocycles. The molecule has 0 saturated carbocycles. The summed E-state index contributed by atoms with van der Waals surface area (Å²) in [6.07, 6.45) is 0. The van der Waals surface area contributed by atoms with Crippen LogP contribution < -0.4 is 5.32 Å². The minimum absolute atomic E-state index is 0.161. The van der Waals surface area contributed by atoms with Crippen molar-refractivity contribution in [2.24, 2.45) is 0 Å². The number of esters is 1. The van der Waals surface area contributed by atoms with Crippen molar-refractivity contribution < 1.29 is 28.8 Å². The fourth-order valence-corrected chi connectivity index (χ4v) is 2.82. The van der Waals surface area contributed by atoms with Gasteiger partial charge in [-0.3, -0.25) is 29.4 Å². The summed E-state index contributed by atoms with van der Waals surface area (Å²) in [6.45, 7) is 0.636. The summed E-state index contributed by atoms with van der Waals surface area (Å²) in [4.78, 5) is 59.9. The Bertz CT molecular complexity index is 999. The number of rotatable bonds is 6. The fourth-order valence-electron chi connectivity index (χ4n) is 2.82. The van der Waals surface area contributed by atoms with Gasteiger partial charge in [-0.25, -0.2) is 4.79 Å². The number of ether oxygens (including phenoxy) is 1. The molecule has 0 aromatic heterocycles. The van der Waals surface area contributed by atoms with E-state index in [-0.39, 0.29) is 22.5 Å². The molecule has 0 unspecified atom stereocenters. The molecular formula is C19H15N3O7. The molecule has 1 aliphatic rings. The van der Waals surface area contributed by atoms with Crippen LogP contribution >= 0.6 is 0 Å². The van der Waals surface area contributed by atoms with E-state index in [1.807, 2.05) is 0 Å². The Kier molecular flexibility index (Phi) is 5.35. The third-order valence-electron chi connectivity index (χ3n) is 4.24. The van der Waals surface area contributed by atoms with Crippen LogP contribution in [0.1, 0.15) is 27.6 Å². The van der Waals surface area contributed by atoms with Gasteiger partial charge < -0.3 is 10.1 Å². The van der Waals surface area contributed by atoms with Crippen LogP contribution in [0.25, 0.3) is 0 Å². The maximum Gasteiger partial charge on any atom is 0.329 e. The van der Waals surface area contributed by atoms with Gasteiger partial charge in [0, 0.05) is 17.8 Å². The van der Waals surface area contributed by atoms with E-state index in [2.05, 4.69) is 5.32 Å². The monoisotopic (exact) mass is 397 g/mol. The second-order valence-corrected chi connectivity index (χ2v) is 6.17. The first kappa shape index (κ1) is 19.7. The van der Waals surface area contributed by atoms with E-state index in [0.717, 1.165) is 11.0 Å². The number of nitro benzene ring substituents is 1. The molecule has 10 heteroatoms. The van der Waals surface area contributed by atoms with Crippen molar-refractivity contribution in [1.82, 2.24) is 4.90 Å². The molecule has 10 nitrogen and oxygen atoms in total. The molecule has 1 N–H and O–H groups in total. The van der Waals surface area contributed by atoms with Crippen LogP contribution in [-0.4, -0.2) is 46.2 Å². The molecule has 0 spiro atoms. The molecule has 1 atom stereocenters. The lowest BCUT2D eigenvalue weighted by molar-refractivity contribution is -0.384. The molecule has 0 radical (unpaired) electrons. The van der Waals surface area contributed by atoms with Crippen LogP contribution in [0.3, 0.4) is 0 Å². The summed E-state index contributed by atoms with van der Waals surface area (Å²) >= 11 is 0. The summed E-state index contributed by atoms with van der Waals surface area (Å²) in [5.41, 5.74) is 0.341. The number of carbonyl (C=O) groups excluding carboxylic acids is 4. The molecular weight excluding hydrogens is 382 g/mol. The summed E-state index contributed by atoms with van der Waals surface area (Å²) in [6, 6.07) is 10.2. The number of benzene rings is 2. The Morgan fingerprint density at radius 2 is 1.72 bits per heavy atom. The molecule has 148 valence electrons. The highest BCUT2D eigenvalue weighted by atomic mass is 16.6. The zero-order valence-corrected chi connectivity index (χ0v) is 15.2. The number of amides is 3. The zero-order chi connectivity index (χ0) is 21.1. The maximum atomic E-state index is 12.4. The third-order valence-corrected chi connectivity index (χ3v) is 4.24. The smallest absolute Gasteiger partial charge is 0.329 e. The van der Waals surface area contributed by atoms with E-state index in [0.29, 0.717) is 0 Å². The molecule has 2 aromatic carbocycles. The largest absolute Gasteiger partial charge is 0.454 e. The summed E-state index contributed by atoms with van der Waals surface area (Å²) < 4.78 is 4.89. The van der Waals surface area contributed by atoms with E-state index in [1.54, 1.807) is 12.1 Å². The van der Waals surface area contributed by atoms with Crippen LogP contribution in [0.4, 0.5) is 11.4 Å². The molecule has 3 amide bonds. The van der Waals surface area contributed by atoms with E-state index in [1.165, 1.54) is 37.3 Å². The minimum Gasteiger partial charge on any atom is -0.454 e. The Balaban J connectivity index is 1.59. The molecule has 1 heterocycles. The summed E-state index contributed by atoms with van der Waals surface area (Å²) in [5, 5.41) is 13.1. The molecule has 0 saturated heterocycles. The number of nitro groups is 1. The lowest BCUT2D eigenvalue weighted by atomic mass is 10.1. The van der Waals surface area contributed by atoms with Gasteiger partial charge in [-0.2, -0.15) is 0 Å². The Morgan fingerprint density at radius 1 is 1.10 bits per heavy atom. The standard InChI is InChI=1S/C19H15N3O7/c1-11(21-17(24)14-7-2-3-8-15(14)18(21)25)19(26)29-10-16(23)20-12-5-4-6-13(9-12)22(27)28/h2-9,11H,10H2,1H3,(H,20,23)/t11-/m0/s1. The molecule has 0 bridgehead atoms. The number of fused-ring (bicyclic) bond motifs is 1. The van der Waals surface area contributed by atoms with Gasteiger partial charge in [0.2, 0.25) is 0 Å². The predicted octanol–water partition coefficient (Wildman–Crippen LogP) is 1.76. The van der Waals surface area contributed by atoms with Crippen molar-refractivity contribution in [3.8, 4) is 0 Å². The quantitative estimate of drug-likeness (QED) is 0.339. The molecule has 1 aliphatic heterocycles. The number of nitrogens with one attached hydrogen (secondary N) is 1. The zero-order valence-electron chi connectivity index (χ0n) is 15.2. The average Bonchev–Trinajstić information content (AvgIpc) is 2.96. The van der Waals surface area contributed by atoms with Crippen molar-refractivity contribution >= 4 is 35.1 Å². The number of hydrogen-bond acceptors (Lipinski definition) is 7. The Hall–Kier alpha value is -4.08. The summed E-state index contributed by atoms with van der Waals surface area (Å²) in [7, 11) is 0. The van der Waals surface area contributed by atoms with Gasteiger partial charge in [0.05, 0.1) is 16.1 Å². The lowest BCUT2D eigenvalue weighted by Crippen LogP contribution is -2.44. The van der Waals surface area contributed by atoms with Gasteiger partial charge in [-0.15, -0.1) is 0 Å². The number of carbonyl (C=O) groups is 4. The SMILES string of the molecule is C[C@@H](C(=O)OCC(=O)Nc1cccc([N+](=O)[O-])c1)N1C(=O)c2ccccc2C1=O. The number of anilines is 1. The second-order valence-electron chi connectivity index (χ2n) is 6.17. The van der Waals surface area contributed by atoms with Crippen LogP contribution in [0.15, 0.2) is 48.5 Å². The van der Waals surface area contributed by atoms with Gasteiger partial charge in [0.15, 0.2) is 6.61 Å². The van der Waals surface area contributed by atoms with Gasteiger partial charge in [-0.1, -0.05) is 18.2 Å². The molecule has 29 heavy (non-hydrogen) atoms. The molecule has 0 fully saturated rings. The highest BCUT2D eigenvalue weighted by Crippen LogP contribution is 2.24. The highest BCUT2D eigenvalue weighted by molar-refractivity contribution is 6.22. The fraction of sp³-hybridized carbons (Fsp3) is 0.158. The second kappa shape index (κ2) is 7.89. The normalized spacial score (nSPS) is 13.6. The number of imide groups is 1. The predicted molar refractivity (Wildman–Crippen MR) is 99.1 cm³/mol. The van der Waals surface area contributed by atoms with Gasteiger partial charge in [0.1, 0.15) is 6.04 Å². The van der Waals surface area contributed by atoms with Crippen LogP contribution in [0.5, 0.6) is 0 Å². The molecule has 3 rings (SSSR count). The van der Waals surface area contributed by atoms with Crippen LogP contribution in [-0.2, 0) is 14.3 Å². The first-order chi connectivity index (χ1) is 13.8. The van der Waals surface area contributed by atoms with Crippen LogP contribution in [0, 0.1) is 10.1 Å². The van der Waals surface area contributed by atoms with E-state index >= 15 is 0 Å². The number of nitrogens with zero attached hydrogens (tertiary/aromatic N) is 2. The van der Waals surface area contributed by atoms with E-state index < -0.39 is 41.3 Å². The average molecular weight is 397 g/mol. The van der Waals surface area contributed by atoms with E-state index in [9.17, 15) is 29.3 Å². The first-order valence-corrected chi connectivity index (χ1v) is 8.47. The van der Waals surface area contributed by atoms with Crippen LogP contribution in [0.2, 0.25) is 0 Å². The number of non-ortho nitro benzene ring substituents is 1. The van der Waals surface area contributed by atoms with Crippen molar-refractivity contribution in [3.63, 3.8) is 0 Å². The minimum atomic E-state index is -1.23. The van der Waals surface area contributed by atoms with Crippen molar-refractivity contribution in [2.45, 2.75) is 13.0 Å². The van der Waals surface area contributed by atoms with Crippen molar-refractivity contribution in [1.29, 1.82) is 0 Å². The highest BCUT2D eigenvalue weighted by Gasteiger charge is 2.41. The van der Waals surface area contributed by atoms with E-state index in [4.69, 9.17) is 4.74 Å². The summed E-state index contributed by atoms with van der Waals surface area (Å²) in [5.74, 6) is -2.89. The lowest BCUT2D eigenvalue weighted by Gasteiger charge is -2.20. The Labute approximate surface area is 164 Å². The molecule has 2 aromatic rings. The first-order valence-electron chi connectivity index (χ1n) is 8.47. The maximum absolute atomic E-state index is 12.4. The van der Waals surface area contributed by atoms with Crippen molar-refractivity contribution in [2.75, 3.05) is 11.9 Å². The van der Waals surface area contributed by atoms with Crippen molar-refractivity contribution in [3.05, 3.63) is 69.8 Å². The number of hydrogen-bond donors (Lipinski definition) is 1.